The lowest BCUT2D eigenvalue weighted by Crippen LogP contribution is -2.19. The van der Waals surface area contributed by atoms with Crippen molar-refractivity contribution < 1.29 is 4.74 Å². The highest BCUT2D eigenvalue weighted by atomic mass is 16.5. The number of ether oxygens (including phenoxy) is 1. The summed E-state index contributed by atoms with van der Waals surface area (Å²) < 4.78 is 7.95. The SMILES string of the molecule is NCc1cccn1CC1CCOc2ccccc21. The highest BCUT2D eigenvalue weighted by molar-refractivity contribution is 5.37. The van der Waals surface area contributed by atoms with Gasteiger partial charge in [-0.1, -0.05) is 18.2 Å². The smallest absolute Gasteiger partial charge is 0.122 e. The third-order valence-electron chi connectivity index (χ3n) is 3.63. The fraction of sp³-hybridized carbons (Fsp3) is 0.333. The number of para-hydroxylation sites is 1. The van der Waals surface area contributed by atoms with Crippen LogP contribution in [-0.4, -0.2) is 11.2 Å². The Hall–Kier alpha value is -1.74. The molecule has 94 valence electrons. The van der Waals surface area contributed by atoms with Gasteiger partial charge < -0.3 is 15.0 Å². The Kier molecular flexibility index (Phi) is 3.07. The van der Waals surface area contributed by atoms with Gasteiger partial charge in [-0.2, -0.15) is 0 Å². The maximum absolute atomic E-state index is 5.75. The topological polar surface area (TPSA) is 40.2 Å². The Morgan fingerprint density at radius 2 is 2.11 bits per heavy atom. The van der Waals surface area contributed by atoms with E-state index in [4.69, 9.17) is 10.5 Å². The van der Waals surface area contributed by atoms with Crippen molar-refractivity contribution in [1.29, 1.82) is 0 Å². The molecule has 0 saturated heterocycles. The summed E-state index contributed by atoms with van der Waals surface area (Å²) in [6.45, 7) is 2.39. The largest absolute Gasteiger partial charge is 0.493 e. The van der Waals surface area contributed by atoms with E-state index in [1.807, 2.05) is 6.07 Å². The molecule has 1 aliphatic rings. The number of rotatable bonds is 3. The number of nitrogens with two attached hydrogens (primary N) is 1. The fourth-order valence-electron chi connectivity index (χ4n) is 2.66. The molecule has 2 heterocycles. The van der Waals surface area contributed by atoms with Crippen molar-refractivity contribution in [3.8, 4) is 5.75 Å². The summed E-state index contributed by atoms with van der Waals surface area (Å²) in [6, 6.07) is 12.5. The van der Waals surface area contributed by atoms with Crippen molar-refractivity contribution in [3.63, 3.8) is 0 Å². The number of fused-ring (bicyclic) bond motifs is 1. The average Bonchev–Trinajstić information content (AvgIpc) is 2.86. The van der Waals surface area contributed by atoms with Crippen LogP contribution in [0.1, 0.15) is 23.6 Å². The third kappa shape index (κ3) is 2.02. The molecule has 1 atom stereocenters. The zero-order valence-corrected chi connectivity index (χ0v) is 10.4. The van der Waals surface area contributed by atoms with E-state index < -0.39 is 0 Å². The van der Waals surface area contributed by atoms with Gasteiger partial charge in [0.25, 0.3) is 0 Å². The first kappa shape index (κ1) is 11.4. The minimum atomic E-state index is 0.521. The van der Waals surface area contributed by atoms with Crippen LogP contribution >= 0.6 is 0 Å². The van der Waals surface area contributed by atoms with Crippen molar-refractivity contribution >= 4 is 0 Å². The van der Waals surface area contributed by atoms with Crippen LogP contribution in [0.25, 0.3) is 0 Å². The molecule has 1 aliphatic heterocycles. The summed E-state index contributed by atoms with van der Waals surface area (Å²) in [7, 11) is 0. The minimum absolute atomic E-state index is 0.521. The molecule has 0 radical (unpaired) electrons. The molecule has 0 bridgehead atoms. The van der Waals surface area contributed by atoms with Crippen molar-refractivity contribution in [2.45, 2.75) is 25.4 Å². The zero-order chi connectivity index (χ0) is 12.4. The van der Waals surface area contributed by atoms with E-state index in [-0.39, 0.29) is 0 Å². The molecule has 3 nitrogen and oxygen atoms in total. The lowest BCUT2D eigenvalue weighted by Gasteiger charge is -2.26. The lowest BCUT2D eigenvalue weighted by molar-refractivity contribution is 0.258. The van der Waals surface area contributed by atoms with Crippen molar-refractivity contribution in [3.05, 3.63) is 53.9 Å². The molecule has 18 heavy (non-hydrogen) atoms. The normalized spacial score (nSPS) is 18.2. The molecule has 0 fully saturated rings. The maximum Gasteiger partial charge on any atom is 0.122 e. The van der Waals surface area contributed by atoms with Gasteiger partial charge in [0, 0.05) is 30.9 Å². The van der Waals surface area contributed by atoms with Crippen LogP contribution < -0.4 is 10.5 Å². The molecule has 3 heteroatoms. The summed E-state index contributed by atoms with van der Waals surface area (Å²) >= 11 is 0. The van der Waals surface area contributed by atoms with Gasteiger partial charge in [-0.15, -0.1) is 0 Å². The number of hydrogen-bond acceptors (Lipinski definition) is 2. The summed E-state index contributed by atoms with van der Waals surface area (Å²) in [5, 5.41) is 0. The number of hydrogen-bond donors (Lipinski definition) is 1. The van der Waals surface area contributed by atoms with E-state index in [1.54, 1.807) is 0 Å². The van der Waals surface area contributed by atoms with E-state index in [1.165, 1.54) is 11.3 Å². The molecule has 0 amide bonds. The zero-order valence-electron chi connectivity index (χ0n) is 10.4. The summed E-state index contributed by atoms with van der Waals surface area (Å²) in [4.78, 5) is 0. The maximum atomic E-state index is 5.75. The highest BCUT2D eigenvalue weighted by Crippen LogP contribution is 2.34. The first-order valence-electron chi connectivity index (χ1n) is 6.44. The molecule has 0 aliphatic carbocycles. The number of benzene rings is 1. The first-order valence-corrected chi connectivity index (χ1v) is 6.44. The molecule has 0 spiro atoms. The first-order chi connectivity index (χ1) is 8.88. The minimum Gasteiger partial charge on any atom is -0.493 e. The molecule has 0 saturated carbocycles. The highest BCUT2D eigenvalue weighted by Gasteiger charge is 2.21. The van der Waals surface area contributed by atoms with E-state index in [0.29, 0.717) is 12.5 Å². The quantitative estimate of drug-likeness (QED) is 0.898. The van der Waals surface area contributed by atoms with Crippen LogP contribution in [0.4, 0.5) is 0 Å². The van der Waals surface area contributed by atoms with Gasteiger partial charge in [0.05, 0.1) is 6.61 Å². The Bertz CT molecular complexity index is 533. The van der Waals surface area contributed by atoms with Gasteiger partial charge in [-0.25, -0.2) is 0 Å². The predicted molar refractivity (Wildman–Crippen MR) is 71.6 cm³/mol. The Morgan fingerprint density at radius 1 is 1.22 bits per heavy atom. The summed E-state index contributed by atoms with van der Waals surface area (Å²) in [5.41, 5.74) is 8.26. The van der Waals surface area contributed by atoms with Crippen LogP contribution in [0, 0.1) is 0 Å². The van der Waals surface area contributed by atoms with Gasteiger partial charge in [0.1, 0.15) is 5.75 Å². The van der Waals surface area contributed by atoms with Gasteiger partial charge in [0.15, 0.2) is 0 Å². The molecule has 3 rings (SSSR count). The second kappa shape index (κ2) is 4.86. The second-order valence-electron chi connectivity index (χ2n) is 4.73. The molecule has 1 aromatic heterocycles. The number of aromatic nitrogens is 1. The van der Waals surface area contributed by atoms with Crippen molar-refractivity contribution in [2.75, 3.05) is 6.61 Å². The van der Waals surface area contributed by atoms with Gasteiger partial charge >= 0.3 is 0 Å². The summed E-state index contributed by atoms with van der Waals surface area (Å²) in [6.07, 6.45) is 3.18. The van der Waals surface area contributed by atoms with E-state index in [9.17, 15) is 0 Å². The molecule has 2 aromatic rings. The Morgan fingerprint density at radius 3 is 3.00 bits per heavy atom. The number of nitrogens with zero attached hydrogens (tertiary/aromatic N) is 1. The molecule has 1 aromatic carbocycles. The molecular formula is C15H18N2O. The molecular weight excluding hydrogens is 224 g/mol. The van der Waals surface area contributed by atoms with Gasteiger partial charge in [-0.05, 0) is 30.2 Å². The van der Waals surface area contributed by atoms with Crippen LogP contribution in [0.5, 0.6) is 5.75 Å². The van der Waals surface area contributed by atoms with Gasteiger partial charge in [0.2, 0.25) is 0 Å². The van der Waals surface area contributed by atoms with Crippen molar-refractivity contribution in [2.24, 2.45) is 5.73 Å². The predicted octanol–water partition coefficient (Wildman–Crippen LogP) is 2.51. The molecule has 1 unspecified atom stereocenters. The Labute approximate surface area is 107 Å². The van der Waals surface area contributed by atoms with Crippen LogP contribution in [0.15, 0.2) is 42.6 Å². The second-order valence-corrected chi connectivity index (χ2v) is 4.73. The van der Waals surface area contributed by atoms with E-state index >= 15 is 0 Å². The Balaban J connectivity index is 1.86. The van der Waals surface area contributed by atoms with Crippen LogP contribution in [-0.2, 0) is 13.1 Å². The van der Waals surface area contributed by atoms with Gasteiger partial charge in [-0.3, -0.25) is 0 Å². The molecule has 2 N–H and O–H groups in total. The third-order valence-corrected chi connectivity index (χ3v) is 3.63. The standard InChI is InChI=1S/C15H18N2O/c16-10-13-4-3-8-17(13)11-12-7-9-18-15-6-2-1-5-14(12)15/h1-6,8,12H,7,9-11,16H2. The monoisotopic (exact) mass is 242 g/mol. The fourth-order valence-corrected chi connectivity index (χ4v) is 2.66. The average molecular weight is 242 g/mol. The van der Waals surface area contributed by atoms with Crippen LogP contribution in [0.2, 0.25) is 0 Å². The van der Waals surface area contributed by atoms with Crippen LogP contribution in [0.3, 0.4) is 0 Å². The van der Waals surface area contributed by atoms with E-state index in [0.717, 1.165) is 25.3 Å². The summed E-state index contributed by atoms with van der Waals surface area (Å²) in [5.74, 6) is 1.56. The van der Waals surface area contributed by atoms with E-state index in [2.05, 4.69) is 41.1 Å². The lowest BCUT2D eigenvalue weighted by atomic mass is 9.93. The van der Waals surface area contributed by atoms with Crippen molar-refractivity contribution in [1.82, 2.24) is 4.57 Å².